The van der Waals surface area contributed by atoms with Crippen molar-refractivity contribution in [1.82, 2.24) is 9.55 Å². The lowest BCUT2D eigenvalue weighted by molar-refractivity contribution is -0.145. The molecule has 1 N–H and O–H groups in total. The van der Waals surface area contributed by atoms with Crippen molar-refractivity contribution in [3.63, 3.8) is 0 Å². The summed E-state index contributed by atoms with van der Waals surface area (Å²) in [6, 6.07) is 21.7. The maximum absolute atomic E-state index is 16.3. The molecule has 240 valence electrons. The van der Waals surface area contributed by atoms with Crippen molar-refractivity contribution in [2.75, 3.05) is 19.0 Å². The van der Waals surface area contributed by atoms with E-state index in [0.717, 1.165) is 12.3 Å². The molecule has 0 aliphatic carbocycles. The van der Waals surface area contributed by atoms with Crippen molar-refractivity contribution in [3.05, 3.63) is 135 Å². The van der Waals surface area contributed by atoms with Gasteiger partial charge in [0.15, 0.2) is 0 Å². The van der Waals surface area contributed by atoms with Crippen LogP contribution in [0.3, 0.4) is 0 Å². The average Bonchev–Trinajstić information content (AvgIpc) is 3.30. The lowest BCUT2D eigenvalue weighted by Crippen LogP contribution is -2.51. The molecule has 3 aromatic carbocycles. The fourth-order valence-electron chi connectivity index (χ4n) is 4.63. The molecule has 0 unspecified atom stereocenters. The number of nitrogens with zero attached hydrogens (tertiary/aromatic N) is 5. The van der Waals surface area contributed by atoms with Crippen LogP contribution >= 0.6 is 0 Å². The highest BCUT2D eigenvalue weighted by atomic mass is 19.3. The van der Waals surface area contributed by atoms with Gasteiger partial charge in [-0.3, -0.25) is 9.36 Å². The van der Waals surface area contributed by atoms with Crippen LogP contribution in [-0.2, 0) is 14.2 Å². The van der Waals surface area contributed by atoms with E-state index in [1.165, 1.54) is 67.8 Å². The molecule has 1 fully saturated rings. The lowest BCUT2D eigenvalue weighted by Gasteiger charge is -2.29. The number of hydrogen-bond donors (Lipinski definition) is 1. The first-order valence-corrected chi connectivity index (χ1v) is 13.7. The van der Waals surface area contributed by atoms with Crippen molar-refractivity contribution in [3.8, 4) is 5.75 Å². The van der Waals surface area contributed by atoms with Gasteiger partial charge in [-0.15, -0.1) is 0 Å². The minimum Gasteiger partial charge on any atom is -0.497 e. The Morgan fingerprint density at radius 1 is 0.957 bits per heavy atom. The predicted octanol–water partition coefficient (Wildman–Crippen LogP) is 4.76. The standard InChI is InChI=1S/C31H24F2N6O8/c1-44-22-14-12-21(13-15-22)26(42)46-27-30(37-38-34,18-45-25(41)20-10-6-3-7-11-20)47-28(31(27,32)33)39-17-16-23(36-29(39)43)35-24(40)19-8-4-2-5-9-19/h2-17,27-28H,18H2,1H3,(H,35,36,40,43)/t27-,28-,30-/m1/s1. The van der Waals surface area contributed by atoms with Gasteiger partial charge in [0.05, 0.1) is 18.2 Å². The number of rotatable bonds is 10. The Hall–Kier alpha value is -6.12. The molecule has 14 nitrogen and oxygen atoms in total. The van der Waals surface area contributed by atoms with Gasteiger partial charge < -0.3 is 24.3 Å². The van der Waals surface area contributed by atoms with Crippen molar-refractivity contribution in [2.24, 2.45) is 5.11 Å². The summed E-state index contributed by atoms with van der Waals surface area (Å²) in [6.07, 6.45) is -4.45. The summed E-state index contributed by atoms with van der Waals surface area (Å²) >= 11 is 0. The van der Waals surface area contributed by atoms with Gasteiger partial charge >= 0.3 is 23.6 Å². The largest absolute Gasteiger partial charge is 0.497 e. The SMILES string of the molecule is COc1ccc(C(=O)O[C@H]2C(F)(F)[C@H](n3ccc(NC(=O)c4ccccc4)nc3=O)O[C@@]2(COC(=O)c2ccccc2)N=[N+]=[N-])cc1. The first kappa shape index (κ1) is 32.3. The number of azide groups is 1. The van der Waals surface area contributed by atoms with E-state index in [-0.39, 0.29) is 22.5 Å². The van der Waals surface area contributed by atoms with E-state index < -0.39 is 54.1 Å². The third-order valence-corrected chi connectivity index (χ3v) is 6.95. The molecule has 0 saturated carbocycles. The fourth-order valence-corrected chi connectivity index (χ4v) is 4.63. The zero-order valence-corrected chi connectivity index (χ0v) is 24.4. The smallest absolute Gasteiger partial charge is 0.351 e. The van der Waals surface area contributed by atoms with Crippen molar-refractivity contribution < 1.29 is 42.1 Å². The number of methoxy groups -OCH3 is 1. The molecular weight excluding hydrogens is 622 g/mol. The molecule has 1 saturated heterocycles. The van der Waals surface area contributed by atoms with E-state index in [1.54, 1.807) is 24.3 Å². The molecule has 0 radical (unpaired) electrons. The Labute approximate surface area is 264 Å². The molecule has 4 aromatic rings. The number of amides is 1. The van der Waals surface area contributed by atoms with Gasteiger partial charge in [-0.05, 0) is 60.1 Å². The highest BCUT2D eigenvalue weighted by Gasteiger charge is 2.70. The van der Waals surface area contributed by atoms with E-state index in [2.05, 4.69) is 20.3 Å². The normalized spacial score (nSPS) is 19.6. The van der Waals surface area contributed by atoms with Gasteiger partial charge in [-0.2, -0.15) is 13.8 Å². The summed E-state index contributed by atoms with van der Waals surface area (Å²) in [6.45, 7) is -1.15. The Morgan fingerprint density at radius 2 is 1.57 bits per heavy atom. The maximum atomic E-state index is 16.3. The molecule has 3 atom stereocenters. The Bertz CT molecular complexity index is 1890. The number of hydrogen-bond acceptors (Lipinski definition) is 10. The van der Waals surface area contributed by atoms with Crippen LogP contribution in [0.15, 0.2) is 107 Å². The summed E-state index contributed by atoms with van der Waals surface area (Å²) < 4.78 is 54.0. The van der Waals surface area contributed by atoms with Crippen molar-refractivity contribution >= 4 is 23.7 Å². The van der Waals surface area contributed by atoms with Crippen LogP contribution in [0.5, 0.6) is 5.75 Å². The van der Waals surface area contributed by atoms with E-state index in [4.69, 9.17) is 18.9 Å². The molecule has 1 amide bonds. The molecule has 1 aliphatic heterocycles. The third kappa shape index (κ3) is 6.78. The van der Waals surface area contributed by atoms with E-state index in [1.807, 2.05) is 0 Å². The minimum absolute atomic E-state index is 0.0326. The highest BCUT2D eigenvalue weighted by molar-refractivity contribution is 6.03. The number of carbonyl (C=O) groups is 3. The number of carbonyl (C=O) groups excluding carboxylic acids is 3. The predicted molar refractivity (Wildman–Crippen MR) is 159 cm³/mol. The van der Waals surface area contributed by atoms with Crippen molar-refractivity contribution in [2.45, 2.75) is 24.0 Å². The van der Waals surface area contributed by atoms with E-state index >= 15 is 8.78 Å². The van der Waals surface area contributed by atoms with Gasteiger partial charge in [0.1, 0.15) is 18.2 Å². The molecular formula is C31H24F2N6O8. The molecule has 16 heteroatoms. The summed E-state index contributed by atoms with van der Waals surface area (Å²) in [5.74, 6) is -7.09. The molecule has 2 heterocycles. The van der Waals surface area contributed by atoms with Crippen molar-refractivity contribution in [1.29, 1.82) is 0 Å². The number of halogens is 2. The second-order valence-electron chi connectivity index (χ2n) is 9.96. The van der Waals surface area contributed by atoms with Gasteiger partial charge in [0.25, 0.3) is 5.91 Å². The van der Waals surface area contributed by atoms with Crippen LogP contribution in [0.2, 0.25) is 0 Å². The van der Waals surface area contributed by atoms with Crippen LogP contribution in [0.4, 0.5) is 14.6 Å². The average molecular weight is 647 g/mol. The van der Waals surface area contributed by atoms with Gasteiger partial charge in [-0.1, -0.05) is 41.5 Å². The molecule has 1 aromatic heterocycles. The summed E-state index contributed by atoms with van der Waals surface area (Å²) in [7, 11) is 1.38. The summed E-state index contributed by atoms with van der Waals surface area (Å²) in [5.41, 5.74) is 5.34. The highest BCUT2D eigenvalue weighted by Crippen LogP contribution is 2.50. The fraction of sp³-hybridized carbons (Fsp3) is 0.194. The second kappa shape index (κ2) is 13.5. The molecule has 47 heavy (non-hydrogen) atoms. The lowest BCUT2D eigenvalue weighted by atomic mass is 10.0. The number of anilines is 1. The number of alkyl halides is 2. The summed E-state index contributed by atoms with van der Waals surface area (Å²) in [5, 5.41) is 5.77. The van der Waals surface area contributed by atoms with Crippen LogP contribution < -0.4 is 15.7 Å². The third-order valence-electron chi connectivity index (χ3n) is 6.95. The Kier molecular flexibility index (Phi) is 9.26. The zero-order chi connectivity index (χ0) is 33.6. The van der Waals surface area contributed by atoms with Gasteiger partial charge in [-0.25, -0.2) is 14.4 Å². The van der Waals surface area contributed by atoms with Gasteiger partial charge in [0, 0.05) is 16.7 Å². The number of benzene rings is 3. The van der Waals surface area contributed by atoms with E-state index in [9.17, 15) is 24.7 Å². The zero-order valence-electron chi connectivity index (χ0n) is 24.4. The number of ether oxygens (including phenoxy) is 4. The Balaban J connectivity index is 1.49. The van der Waals surface area contributed by atoms with Crippen LogP contribution in [0.25, 0.3) is 10.4 Å². The number of esters is 2. The van der Waals surface area contributed by atoms with Gasteiger partial charge in [0.2, 0.25) is 18.1 Å². The quantitative estimate of drug-likeness (QED) is 0.110. The first-order chi connectivity index (χ1) is 22.6. The number of aromatic nitrogens is 2. The Morgan fingerprint density at radius 3 is 2.17 bits per heavy atom. The minimum atomic E-state index is -4.30. The molecule has 0 spiro atoms. The monoisotopic (exact) mass is 646 g/mol. The van der Waals surface area contributed by atoms with Crippen LogP contribution in [-0.4, -0.2) is 58.9 Å². The molecule has 1 aliphatic rings. The molecule has 5 rings (SSSR count). The van der Waals surface area contributed by atoms with Crippen LogP contribution in [0.1, 0.15) is 37.3 Å². The summed E-state index contributed by atoms with van der Waals surface area (Å²) in [4.78, 5) is 57.6. The topological polar surface area (TPSA) is 184 Å². The molecule has 0 bridgehead atoms. The second-order valence-corrected chi connectivity index (χ2v) is 9.96. The first-order valence-electron chi connectivity index (χ1n) is 13.7. The maximum Gasteiger partial charge on any atom is 0.351 e. The number of nitrogens with one attached hydrogen (secondary N) is 1. The van der Waals surface area contributed by atoms with E-state index in [0.29, 0.717) is 10.3 Å². The van der Waals surface area contributed by atoms with Crippen LogP contribution in [0, 0.1) is 0 Å².